The summed E-state index contributed by atoms with van der Waals surface area (Å²) in [5.74, 6) is 2.39. The highest BCUT2D eigenvalue weighted by Gasteiger charge is 2.17. The van der Waals surface area contributed by atoms with Crippen LogP contribution in [0.2, 0.25) is 0 Å². The first-order valence-electron chi connectivity index (χ1n) is 8.47. The van der Waals surface area contributed by atoms with Gasteiger partial charge in [-0.15, -0.1) is 0 Å². The van der Waals surface area contributed by atoms with Gasteiger partial charge in [-0.1, -0.05) is 26.8 Å². The van der Waals surface area contributed by atoms with Gasteiger partial charge in [0.05, 0.1) is 19.8 Å². The molecule has 0 spiro atoms. The molecule has 0 fully saturated rings. The second kappa shape index (κ2) is 11.2. The van der Waals surface area contributed by atoms with Crippen molar-refractivity contribution < 1.29 is 14.2 Å². The molecule has 0 saturated carbocycles. The minimum Gasteiger partial charge on any atom is -0.490 e. The Bertz CT molecular complexity index is 382. The van der Waals surface area contributed by atoms with Gasteiger partial charge < -0.3 is 19.5 Å². The summed E-state index contributed by atoms with van der Waals surface area (Å²) in [6.45, 7) is 9.26. The molecule has 1 aromatic rings. The topological polar surface area (TPSA) is 39.7 Å². The van der Waals surface area contributed by atoms with E-state index in [4.69, 9.17) is 14.2 Å². The monoisotopic (exact) mass is 309 g/mol. The minimum atomic E-state index is 0.667. The van der Waals surface area contributed by atoms with Crippen molar-refractivity contribution in [3.63, 3.8) is 0 Å². The molecule has 0 aromatic heterocycles. The van der Waals surface area contributed by atoms with E-state index in [0.717, 1.165) is 55.0 Å². The summed E-state index contributed by atoms with van der Waals surface area (Å²) in [6, 6.07) is 4.09. The molecule has 0 aliphatic heterocycles. The third-order valence-corrected chi connectivity index (χ3v) is 3.16. The van der Waals surface area contributed by atoms with E-state index < -0.39 is 0 Å². The fraction of sp³-hybridized carbons (Fsp3) is 0.667. The summed E-state index contributed by atoms with van der Waals surface area (Å²) in [6.07, 6.45) is 3.81. The standard InChI is InChI=1S/C18H31NO3/c1-5-12-20-16-9-8-15(10-11-19-4)17(21-13-6-2)18(16)22-14-7-3/h8-9,19H,5-7,10-14H2,1-4H3. The number of benzene rings is 1. The van der Waals surface area contributed by atoms with Gasteiger partial charge in [0.15, 0.2) is 11.5 Å². The van der Waals surface area contributed by atoms with Crippen molar-refractivity contribution in [3.8, 4) is 17.2 Å². The van der Waals surface area contributed by atoms with Crippen LogP contribution in [0.4, 0.5) is 0 Å². The summed E-state index contributed by atoms with van der Waals surface area (Å²) in [5, 5.41) is 3.18. The first kappa shape index (κ1) is 18.6. The SMILES string of the molecule is CCCOc1ccc(CCNC)c(OCCC)c1OCCC. The molecule has 0 atom stereocenters. The smallest absolute Gasteiger partial charge is 0.203 e. The van der Waals surface area contributed by atoms with Crippen molar-refractivity contribution in [1.29, 1.82) is 0 Å². The molecule has 4 heteroatoms. The van der Waals surface area contributed by atoms with Gasteiger partial charge in [0, 0.05) is 0 Å². The highest BCUT2D eigenvalue weighted by Crippen LogP contribution is 2.41. The Hall–Kier alpha value is -1.42. The van der Waals surface area contributed by atoms with Crippen LogP contribution in [-0.2, 0) is 6.42 Å². The van der Waals surface area contributed by atoms with Gasteiger partial charge in [-0.05, 0) is 50.9 Å². The Morgan fingerprint density at radius 2 is 1.41 bits per heavy atom. The molecule has 0 saturated heterocycles. The normalized spacial score (nSPS) is 10.5. The maximum Gasteiger partial charge on any atom is 0.203 e. The lowest BCUT2D eigenvalue weighted by molar-refractivity contribution is 0.241. The van der Waals surface area contributed by atoms with E-state index in [-0.39, 0.29) is 0 Å². The molecule has 1 aromatic carbocycles. The minimum absolute atomic E-state index is 0.667. The van der Waals surface area contributed by atoms with E-state index in [1.807, 2.05) is 13.1 Å². The molecular weight excluding hydrogens is 278 g/mol. The van der Waals surface area contributed by atoms with Crippen LogP contribution >= 0.6 is 0 Å². The number of nitrogens with one attached hydrogen (secondary N) is 1. The summed E-state index contributed by atoms with van der Waals surface area (Å²) < 4.78 is 17.8. The third kappa shape index (κ3) is 5.76. The molecule has 126 valence electrons. The summed E-state index contributed by atoms with van der Waals surface area (Å²) in [7, 11) is 1.96. The quantitative estimate of drug-likeness (QED) is 0.637. The fourth-order valence-corrected chi connectivity index (χ4v) is 2.07. The van der Waals surface area contributed by atoms with Gasteiger partial charge in [-0.3, -0.25) is 0 Å². The van der Waals surface area contributed by atoms with Crippen molar-refractivity contribution in [2.45, 2.75) is 46.5 Å². The number of ether oxygens (including phenoxy) is 3. The Morgan fingerprint density at radius 3 is 2.00 bits per heavy atom. The predicted octanol–water partition coefficient (Wildman–Crippen LogP) is 3.81. The second-order valence-corrected chi connectivity index (χ2v) is 5.28. The Labute approximate surface area is 135 Å². The van der Waals surface area contributed by atoms with Crippen molar-refractivity contribution in [3.05, 3.63) is 17.7 Å². The molecule has 1 N–H and O–H groups in total. The maximum absolute atomic E-state index is 6.00. The average Bonchev–Trinajstić information content (AvgIpc) is 2.55. The van der Waals surface area contributed by atoms with Crippen molar-refractivity contribution in [2.24, 2.45) is 0 Å². The molecule has 0 aliphatic rings. The van der Waals surface area contributed by atoms with Crippen LogP contribution in [0, 0.1) is 0 Å². The Kier molecular flexibility index (Phi) is 9.47. The van der Waals surface area contributed by atoms with Gasteiger partial charge in [0.25, 0.3) is 0 Å². The van der Waals surface area contributed by atoms with E-state index in [0.29, 0.717) is 19.8 Å². The molecule has 1 rings (SSSR count). The zero-order chi connectivity index (χ0) is 16.2. The third-order valence-electron chi connectivity index (χ3n) is 3.16. The van der Waals surface area contributed by atoms with Crippen molar-refractivity contribution in [1.82, 2.24) is 5.32 Å². The van der Waals surface area contributed by atoms with E-state index in [1.165, 1.54) is 0 Å². The molecule has 0 heterocycles. The Balaban J connectivity index is 3.11. The number of hydrogen-bond donors (Lipinski definition) is 1. The summed E-state index contributed by atoms with van der Waals surface area (Å²) in [5.41, 5.74) is 1.16. The zero-order valence-electron chi connectivity index (χ0n) is 14.5. The van der Waals surface area contributed by atoms with Gasteiger partial charge in [-0.25, -0.2) is 0 Å². The lowest BCUT2D eigenvalue weighted by Gasteiger charge is -2.19. The second-order valence-electron chi connectivity index (χ2n) is 5.28. The van der Waals surface area contributed by atoms with Crippen LogP contribution in [0.3, 0.4) is 0 Å². The molecule has 4 nitrogen and oxygen atoms in total. The van der Waals surface area contributed by atoms with E-state index in [1.54, 1.807) is 0 Å². The van der Waals surface area contributed by atoms with E-state index >= 15 is 0 Å². The first-order valence-corrected chi connectivity index (χ1v) is 8.47. The number of hydrogen-bond acceptors (Lipinski definition) is 4. The van der Waals surface area contributed by atoms with Crippen LogP contribution in [0.25, 0.3) is 0 Å². The summed E-state index contributed by atoms with van der Waals surface area (Å²) >= 11 is 0. The van der Waals surface area contributed by atoms with Crippen LogP contribution in [0.1, 0.15) is 45.6 Å². The largest absolute Gasteiger partial charge is 0.490 e. The van der Waals surface area contributed by atoms with E-state index in [9.17, 15) is 0 Å². The van der Waals surface area contributed by atoms with Gasteiger partial charge in [-0.2, -0.15) is 0 Å². The lowest BCUT2D eigenvalue weighted by Crippen LogP contribution is -2.12. The highest BCUT2D eigenvalue weighted by atomic mass is 16.5. The number of likely N-dealkylation sites (N-methyl/N-ethyl adjacent to an activating group) is 1. The Morgan fingerprint density at radius 1 is 0.818 bits per heavy atom. The number of rotatable bonds is 12. The van der Waals surface area contributed by atoms with E-state index in [2.05, 4.69) is 32.2 Å². The van der Waals surface area contributed by atoms with Gasteiger partial charge in [0.2, 0.25) is 5.75 Å². The molecule has 0 aliphatic carbocycles. The molecular formula is C18H31NO3. The molecule has 0 amide bonds. The average molecular weight is 309 g/mol. The van der Waals surface area contributed by atoms with Crippen LogP contribution in [0.15, 0.2) is 12.1 Å². The predicted molar refractivity (Wildman–Crippen MR) is 91.4 cm³/mol. The van der Waals surface area contributed by atoms with Crippen LogP contribution < -0.4 is 19.5 Å². The highest BCUT2D eigenvalue weighted by molar-refractivity contribution is 5.56. The zero-order valence-corrected chi connectivity index (χ0v) is 14.5. The van der Waals surface area contributed by atoms with Crippen molar-refractivity contribution >= 4 is 0 Å². The van der Waals surface area contributed by atoms with Gasteiger partial charge >= 0.3 is 0 Å². The molecule has 0 unspecified atom stereocenters. The molecule has 0 radical (unpaired) electrons. The first-order chi connectivity index (χ1) is 10.8. The van der Waals surface area contributed by atoms with Crippen LogP contribution in [-0.4, -0.2) is 33.4 Å². The van der Waals surface area contributed by atoms with Crippen LogP contribution in [0.5, 0.6) is 17.2 Å². The van der Waals surface area contributed by atoms with Crippen molar-refractivity contribution in [2.75, 3.05) is 33.4 Å². The maximum atomic E-state index is 6.00. The summed E-state index contributed by atoms with van der Waals surface area (Å²) in [4.78, 5) is 0. The fourth-order valence-electron chi connectivity index (χ4n) is 2.07. The molecule has 22 heavy (non-hydrogen) atoms. The lowest BCUT2D eigenvalue weighted by atomic mass is 10.1. The van der Waals surface area contributed by atoms with Gasteiger partial charge in [0.1, 0.15) is 0 Å². The molecule has 0 bridgehead atoms.